The van der Waals surface area contributed by atoms with E-state index in [-0.39, 0.29) is 54.0 Å². The van der Waals surface area contributed by atoms with Crippen molar-refractivity contribution in [3.8, 4) is 0 Å². The number of carbonyl (C=O) groups is 2. The molecule has 2 aliphatic rings. The van der Waals surface area contributed by atoms with E-state index in [1.54, 1.807) is 13.3 Å². The number of methoxy groups -OCH3 is 1. The topological polar surface area (TPSA) is 109 Å². The van der Waals surface area contributed by atoms with Crippen LogP contribution < -0.4 is 10.6 Å². The van der Waals surface area contributed by atoms with Gasteiger partial charge in [-0.3, -0.25) is 9.59 Å². The highest BCUT2D eigenvalue weighted by Gasteiger charge is 2.44. The fourth-order valence-corrected chi connectivity index (χ4v) is 5.11. The molecule has 0 bridgehead atoms. The maximum absolute atomic E-state index is 14.2. The summed E-state index contributed by atoms with van der Waals surface area (Å²) in [6.07, 6.45) is 3.06. The fourth-order valence-electron chi connectivity index (χ4n) is 5.11. The van der Waals surface area contributed by atoms with Crippen LogP contribution in [-0.4, -0.2) is 104 Å². The Hall–Kier alpha value is -1.72. The Morgan fingerprint density at radius 3 is 2.55 bits per heavy atom. The maximum atomic E-state index is 14.2. The lowest BCUT2D eigenvalue weighted by molar-refractivity contribution is -0.147. The average Bonchev–Trinajstić information content (AvgIpc) is 2.88. The SMILES string of the molecule is COCCCNc1nc(C(C)(C)C)ncc1C(=O)N(CC(C)C)[C@@H]1CNCC(C)(C(=O)N2CCOCC2)C1.Cl.Cl. The van der Waals surface area contributed by atoms with Crippen molar-refractivity contribution in [3.05, 3.63) is 17.6 Å². The van der Waals surface area contributed by atoms with Gasteiger partial charge in [0.05, 0.1) is 18.6 Å². The van der Waals surface area contributed by atoms with Gasteiger partial charge >= 0.3 is 0 Å². The van der Waals surface area contributed by atoms with Crippen LogP contribution in [0.2, 0.25) is 0 Å². The predicted molar refractivity (Wildman–Crippen MR) is 163 cm³/mol. The molecule has 0 radical (unpaired) electrons. The number of halogens is 2. The number of anilines is 1. The lowest BCUT2D eigenvalue weighted by Crippen LogP contribution is -2.60. The zero-order valence-electron chi connectivity index (χ0n) is 25.2. The first-order valence-corrected chi connectivity index (χ1v) is 14.0. The van der Waals surface area contributed by atoms with Gasteiger partial charge in [-0.1, -0.05) is 34.6 Å². The van der Waals surface area contributed by atoms with Crippen molar-refractivity contribution in [1.82, 2.24) is 25.1 Å². The molecule has 0 aromatic carbocycles. The summed E-state index contributed by atoms with van der Waals surface area (Å²) < 4.78 is 10.6. The van der Waals surface area contributed by atoms with E-state index in [4.69, 9.17) is 14.5 Å². The highest BCUT2D eigenvalue weighted by atomic mass is 35.5. The number of hydrogen-bond donors (Lipinski definition) is 2. The summed E-state index contributed by atoms with van der Waals surface area (Å²) in [6.45, 7) is 17.9. The first-order chi connectivity index (χ1) is 18.0. The molecule has 2 atom stereocenters. The van der Waals surface area contributed by atoms with Crippen LogP contribution in [0.15, 0.2) is 6.20 Å². The van der Waals surface area contributed by atoms with Gasteiger partial charge in [0.15, 0.2) is 0 Å². The summed E-state index contributed by atoms with van der Waals surface area (Å²) in [5, 5.41) is 6.83. The van der Waals surface area contributed by atoms with Gasteiger partial charge in [-0.15, -0.1) is 24.8 Å². The Balaban J connectivity index is 0.00000400. The zero-order chi connectivity index (χ0) is 27.9. The van der Waals surface area contributed by atoms with E-state index in [0.29, 0.717) is 82.7 Å². The van der Waals surface area contributed by atoms with Gasteiger partial charge < -0.3 is 29.9 Å². The van der Waals surface area contributed by atoms with Gasteiger partial charge in [0.2, 0.25) is 5.91 Å². The predicted octanol–water partition coefficient (Wildman–Crippen LogP) is 3.39. The van der Waals surface area contributed by atoms with Crippen molar-refractivity contribution in [2.45, 2.75) is 65.8 Å². The molecular formula is C28H50Cl2N6O4. The van der Waals surface area contributed by atoms with E-state index in [1.165, 1.54) is 0 Å². The summed E-state index contributed by atoms with van der Waals surface area (Å²) in [4.78, 5) is 40.9. The van der Waals surface area contributed by atoms with E-state index in [2.05, 4.69) is 50.2 Å². The van der Waals surface area contributed by atoms with Crippen LogP contribution in [0.4, 0.5) is 5.82 Å². The van der Waals surface area contributed by atoms with Crippen LogP contribution in [0.3, 0.4) is 0 Å². The molecule has 2 amide bonds. The minimum Gasteiger partial charge on any atom is -0.385 e. The first kappa shape index (κ1) is 36.3. The summed E-state index contributed by atoms with van der Waals surface area (Å²) in [5.74, 6) is 1.52. The molecule has 0 saturated carbocycles. The van der Waals surface area contributed by atoms with Crippen LogP contribution in [0.25, 0.3) is 0 Å². The highest BCUT2D eigenvalue weighted by Crippen LogP contribution is 2.32. The molecule has 1 aromatic rings. The van der Waals surface area contributed by atoms with Gasteiger partial charge in [-0.25, -0.2) is 9.97 Å². The molecule has 2 aliphatic heterocycles. The number of piperidine rings is 1. The van der Waals surface area contributed by atoms with Crippen molar-refractivity contribution >= 4 is 42.4 Å². The number of morpholine rings is 1. The molecule has 10 nitrogen and oxygen atoms in total. The van der Waals surface area contributed by atoms with Crippen LogP contribution in [-0.2, 0) is 19.7 Å². The molecule has 40 heavy (non-hydrogen) atoms. The summed E-state index contributed by atoms with van der Waals surface area (Å²) >= 11 is 0. The number of ether oxygens (including phenoxy) is 2. The molecule has 230 valence electrons. The molecule has 1 unspecified atom stereocenters. The number of hydrogen-bond acceptors (Lipinski definition) is 8. The van der Waals surface area contributed by atoms with Gasteiger partial charge in [-0.05, 0) is 25.7 Å². The molecular weight excluding hydrogens is 555 g/mol. The van der Waals surface area contributed by atoms with Crippen LogP contribution >= 0.6 is 24.8 Å². The Morgan fingerprint density at radius 1 is 1.27 bits per heavy atom. The lowest BCUT2D eigenvalue weighted by atomic mass is 9.78. The van der Waals surface area contributed by atoms with E-state index in [0.717, 1.165) is 6.42 Å². The number of aromatic nitrogens is 2. The summed E-state index contributed by atoms with van der Waals surface area (Å²) in [5.41, 5.74) is -0.386. The molecule has 3 rings (SSSR count). The number of carbonyl (C=O) groups excluding carboxylic acids is 2. The monoisotopic (exact) mass is 604 g/mol. The van der Waals surface area contributed by atoms with E-state index >= 15 is 0 Å². The smallest absolute Gasteiger partial charge is 0.259 e. The molecule has 2 N–H and O–H groups in total. The minimum atomic E-state index is -0.594. The number of nitrogens with one attached hydrogen (secondary N) is 2. The lowest BCUT2D eigenvalue weighted by Gasteiger charge is -2.45. The molecule has 12 heteroatoms. The number of rotatable bonds is 10. The Morgan fingerprint density at radius 2 is 1.95 bits per heavy atom. The Labute approximate surface area is 252 Å². The number of amides is 2. The van der Waals surface area contributed by atoms with E-state index < -0.39 is 5.41 Å². The Bertz CT molecular complexity index is 955. The zero-order valence-corrected chi connectivity index (χ0v) is 26.9. The second-order valence-corrected chi connectivity index (χ2v) is 12.3. The largest absolute Gasteiger partial charge is 0.385 e. The normalized spacial score (nSPS) is 21.3. The Kier molecular flexibility index (Phi) is 14.6. The third-order valence-corrected chi connectivity index (χ3v) is 7.17. The fraction of sp³-hybridized carbons (Fsp3) is 0.786. The average molecular weight is 606 g/mol. The number of nitrogens with zero attached hydrogens (tertiary/aromatic N) is 4. The van der Waals surface area contributed by atoms with Crippen LogP contribution in [0.1, 0.15) is 70.6 Å². The molecule has 0 spiro atoms. The van der Waals surface area contributed by atoms with Crippen LogP contribution in [0, 0.1) is 11.3 Å². The maximum Gasteiger partial charge on any atom is 0.259 e. The van der Waals surface area contributed by atoms with Crippen LogP contribution in [0.5, 0.6) is 0 Å². The summed E-state index contributed by atoms with van der Waals surface area (Å²) in [6, 6.07) is -0.128. The van der Waals surface area contributed by atoms with Crippen molar-refractivity contribution in [1.29, 1.82) is 0 Å². The third kappa shape index (κ3) is 9.41. The van der Waals surface area contributed by atoms with Crippen molar-refractivity contribution in [2.75, 3.05) is 71.5 Å². The first-order valence-electron chi connectivity index (χ1n) is 14.0. The van der Waals surface area contributed by atoms with Gasteiger partial charge in [-0.2, -0.15) is 0 Å². The highest BCUT2D eigenvalue weighted by molar-refractivity contribution is 5.98. The molecule has 2 fully saturated rings. The van der Waals surface area contributed by atoms with Gasteiger partial charge in [0.25, 0.3) is 5.91 Å². The standard InChI is InChI=1S/C28H48N6O4.2ClH/c1-20(2)18-34(21-15-28(6,19-29-16-21)26(36)33-10-13-38-14-11-33)24(35)22-17-31-25(27(3,4)5)32-23(22)30-9-8-12-37-7;;/h17,20-21,29H,8-16,18-19H2,1-7H3,(H,30,31,32);2*1H/t21-,28?;;/m0../s1. The molecule has 2 saturated heterocycles. The van der Waals surface area contributed by atoms with Gasteiger partial charge in [0, 0.05) is 70.6 Å². The van der Waals surface area contributed by atoms with E-state index in [1.807, 2.05) is 16.7 Å². The minimum absolute atomic E-state index is 0. The third-order valence-electron chi connectivity index (χ3n) is 7.17. The van der Waals surface area contributed by atoms with Crippen molar-refractivity contribution in [3.63, 3.8) is 0 Å². The van der Waals surface area contributed by atoms with Gasteiger partial charge in [0.1, 0.15) is 17.2 Å². The second kappa shape index (κ2) is 16.1. The summed E-state index contributed by atoms with van der Waals surface area (Å²) in [7, 11) is 1.68. The molecule has 1 aromatic heterocycles. The quantitative estimate of drug-likeness (QED) is 0.391. The van der Waals surface area contributed by atoms with Crippen molar-refractivity contribution in [2.24, 2.45) is 11.3 Å². The molecule has 3 heterocycles. The van der Waals surface area contributed by atoms with Crippen molar-refractivity contribution < 1.29 is 19.1 Å². The second-order valence-electron chi connectivity index (χ2n) is 12.3. The van der Waals surface area contributed by atoms with E-state index in [9.17, 15) is 9.59 Å². The molecule has 0 aliphatic carbocycles.